The van der Waals surface area contributed by atoms with Crippen LogP contribution in [0.5, 0.6) is 0 Å². The maximum absolute atomic E-state index is 12.9. The number of nitrogens with one attached hydrogen (secondary N) is 1. The quantitative estimate of drug-likeness (QED) is 0.790. The van der Waals surface area contributed by atoms with E-state index in [0.717, 1.165) is 5.52 Å². The van der Waals surface area contributed by atoms with Crippen LogP contribution in [0.2, 0.25) is 0 Å². The highest BCUT2D eigenvalue weighted by atomic mass is 16.2. The number of benzene rings is 2. The van der Waals surface area contributed by atoms with E-state index in [1.54, 1.807) is 30.5 Å². The first kappa shape index (κ1) is 15.7. The summed E-state index contributed by atoms with van der Waals surface area (Å²) in [4.78, 5) is 21.9. The van der Waals surface area contributed by atoms with Crippen molar-refractivity contribution in [3.05, 3.63) is 66.0 Å². The highest BCUT2D eigenvalue weighted by molar-refractivity contribution is 6.07. The van der Waals surface area contributed by atoms with Gasteiger partial charge in [-0.05, 0) is 23.8 Å². The summed E-state index contributed by atoms with van der Waals surface area (Å²) < 4.78 is 0. The Balaban J connectivity index is 1.88. The average Bonchev–Trinajstić information content (AvgIpc) is 2.95. The lowest BCUT2D eigenvalue weighted by molar-refractivity contribution is -0.121. The molecule has 1 N–H and O–H groups in total. The predicted molar refractivity (Wildman–Crippen MR) is 94.7 cm³/mol. The summed E-state index contributed by atoms with van der Waals surface area (Å²) >= 11 is 0. The minimum atomic E-state index is -1.31. The molecule has 4 rings (SSSR count). The molecule has 1 aromatic heterocycles. The van der Waals surface area contributed by atoms with Gasteiger partial charge in [0.05, 0.1) is 28.9 Å². The van der Waals surface area contributed by atoms with Crippen LogP contribution >= 0.6 is 0 Å². The number of hydrogen-bond acceptors (Lipinski definition) is 5. The Bertz CT molecular complexity index is 1100. The zero-order valence-corrected chi connectivity index (χ0v) is 13.7. The third kappa shape index (κ3) is 2.21. The number of rotatable bonds is 3. The lowest BCUT2D eigenvalue weighted by atomic mass is 9.69. The van der Waals surface area contributed by atoms with Crippen molar-refractivity contribution in [1.29, 1.82) is 10.5 Å². The predicted octanol–water partition coefficient (Wildman–Crippen LogP) is 2.73. The van der Waals surface area contributed by atoms with Crippen molar-refractivity contribution < 1.29 is 4.79 Å². The number of amides is 1. The Labute approximate surface area is 149 Å². The van der Waals surface area contributed by atoms with Crippen LogP contribution in [-0.2, 0) is 16.6 Å². The molecule has 0 saturated carbocycles. The van der Waals surface area contributed by atoms with Gasteiger partial charge in [-0.3, -0.25) is 9.78 Å². The SMILES string of the molecule is N#CC(C#N)C1(Cc2cnc3ccccc3n2)C(=O)Nc2ccccc21. The normalized spacial score (nSPS) is 18.2. The smallest absolute Gasteiger partial charge is 0.237 e. The minimum Gasteiger partial charge on any atom is -0.325 e. The molecule has 124 valence electrons. The third-order valence-electron chi connectivity index (χ3n) is 4.77. The van der Waals surface area contributed by atoms with Gasteiger partial charge < -0.3 is 5.32 Å². The first-order valence-electron chi connectivity index (χ1n) is 8.10. The van der Waals surface area contributed by atoms with Gasteiger partial charge in [-0.2, -0.15) is 10.5 Å². The molecule has 1 aliphatic heterocycles. The summed E-state index contributed by atoms with van der Waals surface area (Å²) in [6.45, 7) is 0. The van der Waals surface area contributed by atoms with Crippen molar-refractivity contribution >= 4 is 22.6 Å². The standard InChI is InChI=1S/C20H13N5O/c21-10-13(11-22)20(15-5-1-2-6-16(15)25-19(20)26)9-14-12-23-17-7-3-4-8-18(17)24-14/h1-8,12-13H,9H2,(H,25,26). The van der Waals surface area contributed by atoms with Crippen LogP contribution in [0.15, 0.2) is 54.7 Å². The van der Waals surface area contributed by atoms with E-state index >= 15 is 0 Å². The van der Waals surface area contributed by atoms with Gasteiger partial charge in [-0.1, -0.05) is 30.3 Å². The number of nitrogens with zero attached hydrogens (tertiary/aromatic N) is 4. The van der Waals surface area contributed by atoms with Gasteiger partial charge in [0.15, 0.2) is 5.92 Å². The lowest BCUT2D eigenvalue weighted by Gasteiger charge is -2.27. The molecule has 1 atom stereocenters. The fourth-order valence-electron chi connectivity index (χ4n) is 3.52. The largest absolute Gasteiger partial charge is 0.325 e. The van der Waals surface area contributed by atoms with Crippen LogP contribution in [0.1, 0.15) is 11.3 Å². The molecule has 3 aromatic rings. The van der Waals surface area contributed by atoms with Crippen LogP contribution in [0, 0.1) is 28.6 Å². The number of para-hydroxylation sites is 3. The number of aromatic nitrogens is 2. The molecule has 0 bridgehead atoms. The number of anilines is 1. The topological polar surface area (TPSA) is 102 Å². The average molecular weight is 339 g/mol. The van der Waals surface area contributed by atoms with E-state index in [1.807, 2.05) is 36.4 Å². The maximum atomic E-state index is 12.9. The van der Waals surface area contributed by atoms with Crippen LogP contribution in [0.25, 0.3) is 11.0 Å². The van der Waals surface area contributed by atoms with Crippen LogP contribution in [-0.4, -0.2) is 15.9 Å². The molecule has 26 heavy (non-hydrogen) atoms. The molecule has 6 nitrogen and oxygen atoms in total. The van der Waals surface area contributed by atoms with E-state index in [-0.39, 0.29) is 12.3 Å². The minimum absolute atomic E-state index is 0.124. The number of fused-ring (bicyclic) bond motifs is 2. The second-order valence-corrected chi connectivity index (χ2v) is 6.19. The molecule has 1 unspecified atom stereocenters. The number of carbonyl (C=O) groups excluding carboxylic acids is 1. The van der Waals surface area contributed by atoms with Crippen molar-refractivity contribution in [3.8, 4) is 12.1 Å². The second-order valence-electron chi connectivity index (χ2n) is 6.19. The molecular formula is C20H13N5O. The summed E-state index contributed by atoms with van der Waals surface area (Å²) in [6.07, 6.45) is 1.73. The van der Waals surface area contributed by atoms with Crippen molar-refractivity contribution in [1.82, 2.24) is 9.97 Å². The fraction of sp³-hybridized carbons (Fsp3) is 0.150. The third-order valence-corrected chi connectivity index (χ3v) is 4.77. The second kappa shape index (κ2) is 5.94. The van der Waals surface area contributed by atoms with E-state index in [4.69, 9.17) is 0 Å². The Morgan fingerprint density at radius 3 is 2.50 bits per heavy atom. The van der Waals surface area contributed by atoms with Gasteiger partial charge in [0, 0.05) is 18.3 Å². The molecule has 2 aromatic carbocycles. The fourth-order valence-corrected chi connectivity index (χ4v) is 3.52. The van der Waals surface area contributed by atoms with Gasteiger partial charge in [-0.15, -0.1) is 0 Å². The molecule has 0 fully saturated rings. The monoisotopic (exact) mass is 339 g/mol. The zero-order valence-electron chi connectivity index (χ0n) is 13.7. The van der Waals surface area contributed by atoms with Crippen LogP contribution < -0.4 is 5.32 Å². The number of carbonyl (C=O) groups is 1. The van der Waals surface area contributed by atoms with E-state index in [0.29, 0.717) is 22.5 Å². The van der Waals surface area contributed by atoms with Gasteiger partial charge >= 0.3 is 0 Å². The van der Waals surface area contributed by atoms with Gasteiger partial charge in [0.2, 0.25) is 5.91 Å². The Morgan fingerprint density at radius 1 is 1.04 bits per heavy atom. The summed E-state index contributed by atoms with van der Waals surface area (Å²) in [5, 5.41) is 21.9. The van der Waals surface area contributed by atoms with Crippen molar-refractivity contribution in [2.45, 2.75) is 11.8 Å². The van der Waals surface area contributed by atoms with Crippen molar-refractivity contribution in [3.63, 3.8) is 0 Å². The summed E-state index contributed by atoms with van der Waals surface area (Å²) in [6, 6.07) is 18.6. The highest BCUT2D eigenvalue weighted by Gasteiger charge is 2.53. The molecule has 0 saturated heterocycles. The van der Waals surface area contributed by atoms with E-state index in [2.05, 4.69) is 15.3 Å². The Kier molecular flexibility index (Phi) is 3.60. The lowest BCUT2D eigenvalue weighted by Crippen LogP contribution is -2.43. The number of nitriles is 2. The molecule has 1 aliphatic rings. The first-order valence-corrected chi connectivity index (χ1v) is 8.10. The van der Waals surface area contributed by atoms with E-state index in [9.17, 15) is 15.3 Å². The summed E-state index contributed by atoms with van der Waals surface area (Å²) in [7, 11) is 0. The molecule has 1 amide bonds. The molecule has 0 aliphatic carbocycles. The molecule has 0 spiro atoms. The molecule has 2 heterocycles. The highest BCUT2D eigenvalue weighted by Crippen LogP contribution is 2.45. The Morgan fingerprint density at radius 2 is 1.73 bits per heavy atom. The molecular weight excluding hydrogens is 326 g/mol. The van der Waals surface area contributed by atoms with E-state index in [1.165, 1.54) is 0 Å². The first-order chi connectivity index (χ1) is 12.7. The summed E-state index contributed by atoms with van der Waals surface area (Å²) in [5.41, 5.74) is 1.98. The van der Waals surface area contributed by atoms with Gasteiger partial charge in [-0.25, -0.2) is 4.98 Å². The van der Waals surface area contributed by atoms with E-state index < -0.39 is 11.3 Å². The summed E-state index contributed by atoms with van der Waals surface area (Å²) in [5.74, 6) is -1.50. The zero-order chi connectivity index (χ0) is 18.1. The van der Waals surface area contributed by atoms with Gasteiger partial charge in [0.25, 0.3) is 0 Å². The maximum Gasteiger partial charge on any atom is 0.237 e. The van der Waals surface area contributed by atoms with Crippen LogP contribution in [0.4, 0.5) is 5.69 Å². The van der Waals surface area contributed by atoms with Crippen molar-refractivity contribution in [2.75, 3.05) is 5.32 Å². The van der Waals surface area contributed by atoms with Crippen molar-refractivity contribution in [2.24, 2.45) is 5.92 Å². The number of hydrogen-bond donors (Lipinski definition) is 1. The van der Waals surface area contributed by atoms with Gasteiger partial charge in [0.1, 0.15) is 5.41 Å². The Hall–Kier alpha value is -3.77. The molecule has 6 heteroatoms. The molecule has 0 radical (unpaired) electrons. The van der Waals surface area contributed by atoms with Crippen LogP contribution in [0.3, 0.4) is 0 Å².